The van der Waals surface area contributed by atoms with E-state index >= 15 is 0 Å². The average molecular weight is 246 g/mol. The van der Waals surface area contributed by atoms with Crippen LogP contribution in [0.15, 0.2) is 24.3 Å². The van der Waals surface area contributed by atoms with Gasteiger partial charge in [-0.15, -0.1) is 0 Å². The molecular weight excluding hydrogens is 224 g/mol. The Morgan fingerprint density at radius 1 is 1.28 bits per heavy atom. The van der Waals surface area contributed by atoms with Crippen LogP contribution in [0.2, 0.25) is 0 Å². The molecule has 1 fully saturated rings. The second-order valence-corrected chi connectivity index (χ2v) is 4.97. The van der Waals surface area contributed by atoms with Crippen molar-refractivity contribution < 1.29 is 9.53 Å². The standard InChI is InChI=1S/C16H22O2/c1-3-15(18-4-2)16(17)14-10-8-13(9-11-14)12-6-5-7-12/h8-12,15H,3-7H2,1-2H3. The number of hydrogen-bond acceptors (Lipinski definition) is 2. The Bertz CT molecular complexity index is 390. The summed E-state index contributed by atoms with van der Waals surface area (Å²) in [5, 5.41) is 0. The van der Waals surface area contributed by atoms with Gasteiger partial charge in [-0.1, -0.05) is 37.6 Å². The van der Waals surface area contributed by atoms with Crippen molar-refractivity contribution in [2.24, 2.45) is 0 Å². The molecule has 0 heterocycles. The van der Waals surface area contributed by atoms with Crippen molar-refractivity contribution in [3.8, 4) is 0 Å². The van der Waals surface area contributed by atoms with Crippen LogP contribution in [0, 0.1) is 0 Å². The van der Waals surface area contributed by atoms with E-state index in [-0.39, 0.29) is 11.9 Å². The third-order valence-corrected chi connectivity index (χ3v) is 3.80. The lowest BCUT2D eigenvalue weighted by atomic mass is 9.80. The van der Waals surface area contributed by atoms with E-state index in [2.05, 4.69) is 12.1 Å². The summed E-state index contributed by atoms with van der Waals surface area (Å²) < 4.78 is 5.47. The Hall–Kier alpha value is -1.15. The van der Waals surface area contributed by atoms with Crippen LogP contribution < -0.4 is 0 Å². The molecule has 0 aliphatic heterocycles. The first-order valence-corrected chi connectivity index (χ1v) is 7.02. The Balaban J connectivity index is 2.05. The van der Waals surface area contributed by atoms with Gasteiger partial charge in [-0.25, -0.2) is 0 Å². The van der Waals surface area contributed by atoms with Crippen molar-refractivity contribution in [2.75, 3.05) is 6.61 Å². The minimum absolute atomic E-state index is 0.111. The Morgan fingerprint density at radius 3 is 2.39 bits per heavy atom. The van der Waals surface area contributed by atoms with Crippen molar-refractivity contribution in [3.63, 3.8) is 0 Å². The van der Waals surface area contributed by atoms with E-state index in [9.17, 15) is 4.79 Å². The lowest BCUT2D eigenvalue weighted by Crippen LogP contribution is -2.23. The van der Waals surface area contributed by atoms with Crippen molar-refractivity contribution in [1.82, 2.24) is 0 Å². The van der Waals surface area contributed by atoms with Gasteiger partial charge >= 0.3 is 0 Å². The molecule has 0 spiro atoms. The maximum atomic E-state index is 12.2. The van der Waals surface area contributed by atoms with Crippen LogP contribution in [0.25, 0.3) is 0 Å². The molecule has 0 aromatic heterocycles. The van der Waals surface area contributed by atoms with Crippen LogP contribution in [0.5, 0.6) is 0 Å². The highest BCUT2D eigenvalue weighted by atomic mass is 16.5. The van der Waals surface area contributed by atoms with E-state index in [1.54, 1.807) is 0 Å². The third kappa shape index (κ3) is 2.81. The molecule has 1 unspecified atom stereocenters. The molecule has 0 saturated heterocycles. The highest BCUT2D eigenvalue weighted by Crippen LogP contribution is 2.36. The zero-order chi connectivity index (χ0) is 13.0. The summed E-state index contributed by atoms with van der Waals surface area (Å²) in [6.45, 7) is 4.50. The topological polar surface area (TPSA) is 26.3 Å². The first-order chi connectivity index (χ1) is 8.76. The monoisotopic (exact) mass is 246 g/mol. The van der Waals surface area contributed by atoms with Crippen molar-refractivity contribution in [3.05, 3.63) is 35.4 Å². The maximum absolute atomic E-state index is 12.2. The molecule has 18 heavy (non-hydrogen) atoms. The molecule has 2 rings (SSSR count). The molecule has 1 aromatic rings. The Kier molecular flexibility index (Phi) is 4.54. The molecule has 0 N–H and O–H groups in total. The number of carbonyl (C=O) groups is 1. The molecule has 0 radical (unpaired) electrons. The smallest absolute Gasteiger partial charge is 0.191 e. The van der Waals surface area contributed by atoms with Gasteiger partial charge in [0.1, 0.15) is 6.10 Å². The SMILES string of the molecule is CCOC(CC)C(=O)c1ccc(C2CCC2)cc1. The van der Waals surface area contributed by atoms with Gasteiger partial charge in [-0.2, -0.15) is 0 Å². The number of hydrogen-bond donors (Lipinski definition) is 0. The number of Topliss-reactive ketones (excluding diaryl/α,β-unsaturated/α-hetero) is 1. The van der Waals surface area contributed by atoms with Crippen LogP contribution in [-0.2, 0) is 4.74 Å². The van der Waals surface area contributed by atoms with Crippen LogP contribution in [0.4, 0.5) is 0 Å². The molecule has 2 heteroatoms. The summed E-state index contributed by atoms with van der Waals surface area (Å²) in [6.07, 6.45) is 4.38. The van der Waals surface area contributed by atoms with E-state index in [1.807, 2.05) is 26.0 Å². The molecule has 0 amide bonds. The maximum Gasteiger partial charge on any atom is 0.191 e. The number of rotatable bonds is 6. The lowest BCUT2D eigenvalue weighted by molar-refractivity contribution is 0.0444. The normalized spacial score (nSPS) is 17.2. The van der Waals surface area contributed by atoms with Crippen LogP contribution in [-0.4, -0.2) is 18.5 Å². The highest BCUT2D eigenvalue weighted by Gasteiger charge is 2.21. The first-order valence-electron chi connectivity index (χ1n) is 7.02. The minimum Gasteiger partial charge on any atom is -0.370 e. The summed E-state index contributed by atoms with van der Waals surface area (Å²) in [7, 11) is 0. The fourth-order valence-electron chi connectivity index (χ4n) is 2.43. The Labute approximate surface area is 109 Å². The molecule has 1 saturated carbocycles. The number of ether oxygens (including phenoxy) is 1. The quantitative estimate of drug-likeness (QED) is 0.710. The summed E-state index contributed by atoms with van der Waals surface area (Å²) in [6, 6.07) is 8.13. The van der Waals surface area contributed by atoms with Gasteiger partial charge < -0.3 is 4.74 Å². The largest absolute Gasteiger partial charge is 0.370 e. The van der Waals surface area contributed by atoms with Gasteiger partial charge in [0.2, 0.25) is 0 Å². The van der Waals surface area contributed by atoms with Crippen molar-refractivity contribution in [1.29, 1.82) is 0 Å². The molecule has 1 aromatic carbocycles. The summed E-state index contributed by atoms with van der Waals surface area (Å²) in [4.78, 5) is 12.2. The second-order valence-electron chi connectivity index (χ2n) is 4.97. The van der Waals surface area contributed by atoms with E-state index < -0.39 is 0 Å². The van der Waals surface area contributed by atoms with Crippen molar-refractivity contribution >= 4 is 5.78 Å². The first kappa shape index (κ1) is 13.3. The summed E-state index contributed by atoms with van der Waals surface area (Å²) in [5.41, 5.74) is 2.15. The average Bonchev–Trinajstić information content (AvgIpc) is 2.34. The zero-order valence-corrected chi connectivity index (χ0v) is 11.3. The van der Waals surface area contributed by atoms with Gasteiger partial charge in [-0.05, 0) is 37.7 Å². The molecule has 1 aliphatic rings. The van der Waals surface area contributed by atoms with Crippen LogP contribution >= 0.6 is 0 Å². The predicted molar refractivity (Wildman–Crippen MR) is 73.1 cm³/mol. The molecular formula is C16H22O2. The van der Waals surface area contributed by atoms with Gasteiger partial charge in [0, 0.05) is 12.2 Å². The lowest BCUT2D eigenvalue weighted by Gasteiger charge is -2.25. The van der Waals surface area contributed by atoms with E-state index in [0.717, 1.165) is 17.9 Å². The number of benzene rings is 1. The van der Waals surface area contributed by atoms with Gasteiger partial charge in [-0.3, -0.25) is 4.79 Å². The molecule has 1 aliphatic carbocycles. The second kappa shape index (κ2) is 6.14. The van der Waals surface area contributed by atoms with Crippen LogP contribution in [0.1, 0.15) is 61.4 Å². The van der Waals surface area contributed by atoms with E-state index in [1.165, 1.54) is 24.8 Å². The Morgan fingerprint density at radius 2 is 1.94 bits per heavy atom. The number of ketones is 1. The van der Waals surface area contributed by atoms with Gasteiger partial charge in [0.15, 0.2) is 5.78 Å². The minimum atomic E-state index is -0.287. The van der Waals surface area contributed by atoms with E-state index in [0.29, 0.717) is 6.61 Å². The van der Waals surface area contributed by atoms with Crippen LogP contribution in [0.3, 0.4) is 0 Å². The summed E-state index contributed by atoms with van der Waals surface area (Å²) >= 11 is 0. The highest BCUT2D eigenvalue weighted by molar-refractivity contribution is 5.99. The fraction of sp³-hybridized carbons (Fsp3) is 0.562. The molecule has 2 nitrogen and oxygen atoms in total. The molecule has 0 bridgehead atoms. The number of carbonyl (C=O) groups excluding carboxylic acids is 1. The fourth-order valence-corrected chi connectivity index (χ4v) is 2.43. The summed E-state index contributed by atoms with van der Waals surface area (Å²) in [5.74, 6) is 0.836. The van der Waals surface area contributed by atoms with Crippen molar-refractivity contribution in [2.45, 2.75) is 51.6 Å². The van der Waals surface area contributed by atoms with E-state index in [4.69, 9.17) is 4.74 Å². The zero-order valence-electron chi connectivity index (χ0n) is 11.3. The molecule has 98 valence electrons. The van der Waals surface area contributed by atoms with Gasteiger partial charge in [0.25, 0.3) is 0 Å². The third-order valence-electron chi connectivity index (χ3n) is 3.80. The van der Waals surface area contributed by atoms with Gasteiger partial charge in [0.05, 0.1) is 0 Å². The predicted octanol–water partition coefficient (Wildman–Crippen LogP) is 3.95. The molecule has 1 atom stereocenters.